The zero-order chi connectivity index (χ0) is 15.7. The summed E-state index contributed by atoms with van der Waals surface area (Å²) in [4.78, 5) is 0. The molecule has 0 aliphatic carbocycles. The molecule has 2 atom stereocenters. The Morgan fingerprint density at radius 1 is 1.38 bits per heavy atom. The standard InChI is InChI=1S/C14H31N3O3S/c1-4-8-15-10-13-7-6-9-17(11-13)21(18,19)16-14(5-2)12-20-3/h13-16H,4-12H2,1-3H3. The number of nitrogens with zero attached hydrogens (tertiary/aromatic N) is 1. The van der Waals surface area contributed by atoms with E-state index in [9.17, 15) is 8.42 Å². The molecule has 1 heterocycles. The highest BCUT2D eigenvalue weighted by Crippen LogP contribution is 2.18. The van der Waals surface area contributed by atoms with Crippen LogP contribution in [0.5, 0.6) is 0 Å². The molecule has 1 aliphatic rings. The van der Waals surface area contributed by atoms with Gasteiger partial charge in [0.25, 0.3) is 10.2 Å². The van der Waals surface area contributed by atoms with Crippen LogP contribution in [0.4, 0.5) is 0 Å². The van der Waals surface area contributed by atoms with E-state index in [2.05, 4.69) is 17.0 Å². The van der Waals surface area contributed by atoms with Gasteiger partial charge in [0.2, 0.25) is 0 Å². The molecule has 7 heteroatoms. The molecule has 2 unspecified atom stereocenters. The summed E-state index contributed by atoms with van der Waals surface area (Å²) in [5.74, 6) is 0.407. The monoisotopic (exact) mass is 321 g/mol. The summed E-state index contributed by atoms with van der Waals surface area (Å²) >= 11 is 0. The SMILES string of the molecule is CCCNCC1CCCN(S(=O)(=O)NC(CC)COC)C1. The van der Waals surface area contributed by atoms with Crippen LogP contribution in [0.1, 0.15) is 39.5 Å². The molecular weight excluding hydrogens is 290 g/mol. The maximum Gasteiger partial charge on any atom is 0.279 e. The summed E-state index contributed by atoms with van der Waals surface area (Å²) in [5.41, 5.74) is 0. The molecule has 0 aromatic rings. The Balaban J connectivity index is 2.53. The van der Waals surface area contributed by atoms with Gasteiger partial charge in [-0.2, -0.15) is 17.4 Å². The minimum absolute atomic E-state index is 0.154. The maximum absolute atomic E-state index is 12.4. The average molecular weight is 321 g/mol. The van der Waals surface area contributed by atoms with Gasteiger partial charge in [-0.15, -0.1) is 0 Å². The molecule has 2 N–H and O–H groups in total. The molecule has 1 aliphatic heterocycles. The summed E-state index contributed by atoms with van der Waals surface area (Å²) in [6, 6.07) is -0.154. The summed E-state index contributed by atoms with van der Waals surface area (Å²) in [6.45, 7) is 7.61. The third-order valence-electron chi connectivity index (χ3n) is 3.86. The third kappa shape index (κ3) is 6.61. The van der Waals surface area contributed by atoms with Gasteiger partial charge in [0.1, 0.15) is 0 Å². The number of hydrogen-bond acceptors (Lipinski definition) is 4. The molecule has 126 valence electrons. The second-order valence-electron chi connectivity index (χ2n) is 5.75. The fourth-order valence-electron chi connectivity index (χ4n) is 2.62. The predicted octanol–water partition coefficient (Wildman–Crippen LogP) is 0.957. The van der Waals surface area contributed by atoms with Crippen LogP contribution in [-0.4, -0.2) is 58.7 Å². The van der Waals surface area contributed by atoms with Crippen molar-refractivity contribution in [2.75, 3.05) is 39.9 Å². The highest BCUT2D eigenvalue weighted by molar-refractivity contribution is 7.87. The summed E-state index contributed by atoms with van der Waals surface area (Å²) in [5, 5.41) is 3.39. The van der Waals surface area contributed by atoms with Crippen LogP contribution in [0.25, 0.3) is 0 Å². The summed E-state index contributed by atoms with van der Waals surface area (Å²) in [7, 11) is -1.81. The molecule has 21 heavy (non-hydrogen) atoms. The molecule has 0 spiro atoms. The van der Waals surface area contributed by atoms with E-state index in [1.165, 1.54) is 0 Å². The van der Waals surface area contributed by atoms with Crippen molar-refractivity contribution in [2.45, 2.75) is 45.6 Å². The zero-order valence-electron chi connectivity index (χ0n) is 13.6. The van der Waals surface area contributed by atoms with Crippen molar-refractivity contribution < 1.29 is 13.2 Å². The van der Waals surface area contributed by atoms with Crippen LogP contribution in [0.15, 0.2) is 0 Å². The zero-order valence-corrected chi connectivity index (χ0v) is 14.4. The number of methoxy groups -OCH3 is 1. The third-order valence-corrected chi connectivity index (χ3v) is 5.50. The van der Waals surface area contributed by atoms with Gasteiger partial charge in [-0.25, -0.2) is 0 Å². The van der Waals surface area contributed by atoms with Crippen molar-refractivity contribution in [2.24, 2.45) is 5.92 Å². The van der Waals surface area contributed by atoms with Crippen molar-refractivity contribution in [1.29, 1.82) is 0 Å². The molecule has 6 nitrogen and oxygen atoms in total. The molecule has 1 saturated heterocycles. The first kappa shape index (κ1) is 18.8. The molecule has 1 fully saturated rings. The molecule has 0 radical (unpaired) electrons. The van der Waals surface area contributed by atoms with Crippen molar-refractivity contribution in [3.05, 3.63) is 0 Å². The van der Waals surface area contributed by atoms with Crippen LogP contribution in [-0.2, 0) is 14.9 Å². The van der Waals surface area contributed by atoms with Gasteiger partial charge in [-0.1, -0.05) is 13.8 Å². The number of ether oxygens (including phenoxy) is 1. The average Bonchev–Trinajstić information content (AvgIpc) is 2.47. The quantitative estimate of drug-likeness (QED) is 0.588. The molecule has 1 rings (SSSR count). The molecule has 0 aromatic heterocycles. The first-order chi connectivity index (χ1) is 10.0. The molecule has 0 amide bonds. The highest BCUT2D eigenvalue weighted by atomic mass is 32.2. The van der Waals surface area contributed by atoms with Gasteiger partial charge in [0.05, 0.1) is 6.61 Å². The second kappa shape index (κ2) is 9.74. The van der Waals surface area contributed by atoms with Gasteiger partial charge in [-0.3, -0.25) is 0 Å². The fourth-order valence-corrected chi connectivity index (χ4v) is 4.20. The van der Waals surface area contributed by atoms with E-state index in [-0.39, 0.29) is 6.04 Å². The topological polar surface area (TPSA) is 70.7 Å². The van der Waals surface area contributed by atoms with Crippen molar-refractivity contribution in [1.82, 2.24) is 14.3 Å². The smallest absolute Gasteiger partial charge is 0.279 e. The Kier molecular flexibility index (Phi) is 8.73. The van der Waals surface area contributed by atoms with Gasteiger partial charge in [0.15, 0.2) is 0 Å². The fraction of sp³-hybridized carbons (Fsp3) is 1.00. The molecule has 0 saturated carbocycles. The Bertz CT molecular complexity index is 376. The Labute approximate surface area is 129 Å². The Morgan fingerprint density at radius 2 is 2.14 bits per heavy atom. The van der Waals surface area contributed by atoms with E-state index in [1.807, 2.05) is 6.92 Å². The lowest BCUT2D eigenvalue weighted by Gasteiger charge is -2.33. The summed E-state index contributed by atoms with van der Waals surface area (Å²) in [6.07, 6.45) is 3.85. The summed E-state index contributed by atoms with van der Waals surface area (Å²) < 4.78 is 34.3. The van der Waals surface area contributed by atoms with E-state index in [4.69, 9.17) is 4.74 Å². The highest BCUT2D eigenvalue weighted by Gasteiger charge is 2.30. The Hall–Kier alpha value is -0.210. The van der Waals surface area contributed by atoms with E-state index in [0.29, 0.717) is 25.6 Å². The largest absolute Gasteiger partial charge is 0.383 e. The van der Waals surface area contributed by atoms with Crippen molar-refractivity contribution in [3.63, 3.8) is 0 Å². The van der Waals surface area contributed by atoms with Gasteiger partial charge >= 0.3 is 0 Å². The first-order valence-corrected chi connectivity index (χ1v) is 9.44. The molecular formula is C14H31N3O3S. The second-order valence-corrected chi connectivity index (χ2v) is 7.46. The van der Waals surface area contributed by atoms with E-state index < -0.39 is 10.2 Å². The van der Waals surface area contributed by atoms with E-state index >= 15 is 0 Å². The van der Waals surface area contributed by atoms with Gasteiger partial charge in [0, 0.05) is 26.2 Å². The van der Waals surface area contributed by atoms with Crippen LogP contribution >= 0.6 is 0 Å². The van der Waals surface area contributed by atoms with E-state index in [0.717, 1.165) is 38.8 Å². The minimum Gasteiger partial charge on any atom is -0.383 e. The van der Waals surface area contributed by atoms with E-state index in [1.54, 1.807) is 11.4 Å². The van der Waals surface area contributed by atoms with Crippen molar-refractivity contribution in [3.8, 4) is 0 Å². The van der Waals surface area contributed by atoms with Crippen LogP contribution in [0.3, 0.4) is 0 Å². The van der Waals surface area contributed by atoms with Gasteiger partial charge < -0.3 is 10.1 Å². The predicted molar refractivity (Wildman–Crippen MR) is 85.5 cm³/mol. The van der Waals surface area contributed by atoms with Gasteiger partial charge in [-0.05, 0) is 44.7 Å². The molecule has 0 bridgehead atoms. The first-order valence-electron chi connectivity index (χ1n) is 8.00. The van der Waals surface area contributed by atoms with Crippen molar-refractivity contribution >= 4 is 10.2 Å². The lowest BCUT2D eigenvalue weighted by molar-refractivity contribution is 0.171. The van der Waals surface area contributed by atoms with Crippen LogP contribution < -0.4 is 10.0 Å². The lowest BCUT2D eigenvalue weighted by atomic mass is 10.00. The van der Waals surface area contributed by atoms with Crippen LogP contribution in [0, 0.1) is 5.92 Å². The number of rotatable bonds is 10. The lowest BCUT2D eigenvalue weighted by Crippen LogP contribution is -2.51. The molecule has 0 aromatic carbocycles. The van der Waals surface area contributed by atoms with Crippen LogP contribution in [0.2, 0.25) is 0 Å². The Morgan fingerprint density at radius 3 is 2.76 bits per heavy atom. The number of piperidine rings is 1. The normalized spacial score (nSPS) is 22.3. The number of nitrogens with one attached hydrogen (secondary N) is 2. The number of hydrogen-bond donors (Lipinski definition) is 2. The minimum atomic E-state index is -3.40. The maximum atomic E-state index is 12.4.